The van der Waals surface area contributed by atoms with E-state index in [0.29, 0.717) is 27.8 Å². The quantitative estimate of drug-likeness (QED) is 0.519. The molecule has 3 N–H and O–H groups in total. The molecule has 3 amide bonds. The Morgan fingerprint density at radius 3 is 2.81 bits per heavy atom. The van der Waals surface area contributed by atoms with Gasteiger partial charge in [-0.2, -0.15) is 0 Å². The molecular weight excluding hydrogens is 460 g/mol. The third-order valence-corrected chi connectivity index (χ3v) is 7.90. The highest BCUT2D eigenvalue weighted by Crippen LogP contribution is 2.44. The number of fused-ring (bicyclic) bond motifs is 1. The fraction of sp³-hybridized carbons (Fsp3) is 0.316. The van der Waals surface area contributed by atoms with Crippen molar-refractivity contribution in [1.29, 1.82) is 0 Å². The zero-order chi connectivity index (χ0) is 22.1. The van der Waals surface area contributed by atoms with Gasteiger partial charge >= 0.3 is 5.97 Å². The number of thioether (sulfide) groups is 1. The molecule has 0 bridgehead atoms. The van der Waals surface area contributed by atoms with Crippen molar-refractivity contribution in [1.82, 2.24) is 15.2 Å². The lowest BCUT2D eigenvalue weighted by atomic mass is 10.0. The number of nitrogens with zero attached hydrogens (tertiary/aromatic N) is 2. The molecule has 0 aromatic carbocycles. The molecule has 9 nitrogen and oxygen atoms in total. The summed E-state index contributed by atoms with van der Waals surface area (Å²) in [5.41, 5.74) is 0.370. The Labute approximate surface area is 189 Å². The van der Waals surface area contributed by atoms with Gasteiger partial charge in [-0.15, -0.1) is 23.1 Å². The summed E-state index contributed by atoms with van der Waals surface area (Å²) in [5, 5.41) is 17.0. The Hall–Kier alpha value is -2.70. The molecule has 0 aliphatic carbocycles. The van der Waals surface area contributed by atoms with Gasteiger partial charge in [0.15, 0.2) is 5.13 Å². The molecule has 4 heterocycles. The van der Waals surface area contributed by atoms with Crippen LogP contribution < -0.4 is 10.6 Å². The standard InChI is InChI=1S/C19H18N4O5S3/c1-2-12(24)22-19-20-7-11(31-19)10-8-30-17-14(16(26)23(17)15(10)18(27)28)21-13(25)6-9-4-3-5-29-9/h3-5,7,14,17H,2,6,8H2,1H3,(H,21,25)(H,27,28)(H,20,22,24). The number of rotatable bonds is 7. The number of carbonyl (C=O) groups excluding carboxylic acids is 3. The highest BCUT2D eigenvalue weighted by Gasteiger charge is 2.54. The van der Waals surface area contributed by atoms with E-state index in [1.807, 2.05) is 17.5 Å². The highest BCUT2D eigenvalue weighted by atomic mass is 32.2. The van der Waals surface area contributed by atoms with Crippen LogP contribution in [0.1, 0.15) is 23.1 Å². The van der Waals surface area contributed by atoms with E-state index < -0.39 is 23.3 Å². The smallest absolute Gasteiger partial charge is 0.353 e. The van der Waals surface area contributed by atoms with E-state index in [-0.39, 0.29) is 23.9 Å². The number of anilines is 1. The van der Waals surface area contributed by atoms with Crippen LogP contribution in [0.5, 0.6) is 0 Å². The third kappa shape index (κ3) is 4.23. The number of nitrogens with one attached hydrogen (secondary N) is 2. The number of amides is 3. The first-order chi connectivity index (χ1) is 14.9. The maximum absolute atomic E-state index is 12.7. The third-order valence-electron chi connectivity index (χ3n) is 4.77. The van der Waals surface area contributed by atoms with E-state index in [9.17, 15) is 24.3 Å². The van der Waals surface area contributed by atoms with Gasteiger partial charge in [-0.1, -0.05) is 24.3 Å². The first-order valence-electron chi connectivity index (χ1n) is 9.38. The van der Waals surface area contributed by atoms with Gasteiger partial charge in [0, 0.05) is 28.8 Å². The van der Waals surface area contributed by atoms with E-state index >= 15 is 0 Å². The monoisotopic (exact) mass is 478 g/mol. The van der Waals surface area contributed by atoms with Crippen LogP contribution in [0, 0.1) is 0 Å². The molecular formula is C19H18N4O5S3. The van der Waals surface area contributed by atoms with Gasteiger partial charge in [-0.3, -0.25) is 19.3 Å². The lowest BCUT2D eigenvalue weighted by Crippen LogP contribution is -2.70. The minimum atomic E-state index is -1.22. The fourth-order valence-electron chi connectivity index (χ4n) is 3.28. The predicted molar refractivity (Wildman–Crippen MR) is 119 cm³/mol. The molecule has 2 unspecified atom stereocenters. The summed E-state index contributed by atoms with van der Waals surface area (Å²) in [5.74, 6) is -1.78. The summed E-state index contributed by atoms with van der Waals surface area (Å²) < 4.78 is 0. The Morgan fingerprint density at radius 2 is 2.13 bits per heavy atom. The van der Waals surface area contributed by atoms with Gasteiger partial charge in [0.25, 0.3) is 5.91 Å². The van der Waals surface area contributed by atoms with E-state index in [0.717, 1.165) is 16.2 Å². The zero-order valence-electron chi connectivity index (χ0n) is 16.3. The largest absolute Gasteiger partial charge is 0.477 e. The summed E-state index contributed by atoms with van der Waals surface area (Å²) in [6.45, 7) is 1.72. The molecule has 2 aliphatic heterocycles. The predicted octanol–water partition coefficient (Wildman–Crippen LogP) is 1.99. The summed E-state index contributed by atoms with van der Waals surface area (Å²) in [6.07, 6.45) is 1.98. The molecule has 0 saturated carbocycles. The molecule has 0 spiro atoms. The molecule has 162 valence electrons. The van der Waals surface area contributed by atoms with Gasteiger partial charge in [0.2, 0.25) is 11.8 Å². The minimum absolute atomic E-state index is 0.102. The van der Waals surface area contributed by atoms with Crippen LogP contribution in [0.15, 0.2) is 29.4 Å². The first kappa shape index (κ1) is 21.5. The van der Waals surface area contributed by atoms with Crippen LogP contribution in [0.3, 0.4) is 0 Å². The van der Waals surface area contributed by atoms with Crippen LogP contribution in [0.25, 0.3) is 5.57 Å². The van der Waals surface area contributed by atoms with Crippen LogP contribution >= 0.6 is 34.4 Å². The Kier molecular flexibility index (Phi) is 6.12. The van der Waals surface area contributed by atoms with Gasteiger partial charge in [-0.25, -0.2) is 9.78 Å². The van der Waals surface area contributed by atoms with Crippen LogP contribution in [-0.4, -0.2) is 55.8 Å². The Bertz CT molecular complexity index is 1080. The second kappa shape index (κ2) is 8.81. The maximum Gasteiger partial charge on any atom is 0.353 e. The Morgan fingerprint density at radius 1 is 1.32 bits per heavy atom. The Balaban J connectivity index is 1.52. The number of aliphatic carboxylic acids is 1. The number of thiophene rings is 1. The summed E-state index contributed by atoms with van der Waals surface area (Å²) in [7, 11) is 0. The van der Waals surface area contributed by atoms with Crippen LogP contribution in [-0.2, 0) is 25.6 Å². The molecule has 1 fully saturated rings. The zero-order valence-corrected chi connectivity index (χ0v) is 18.7. The SMILES string of the molecule is CCC(=O)Nc1ncc(C2=C(C(=O)O)N3C(=O)C(NC(=O)Cc4cccs4)C3SC2)s1. The second-order valence-corrected chi connectivity index (χ2v) is 9.94. The van der Waals surface area contributed by atoms with Crippen molar-refractivity contribution >= 4 is 68.8 Å². The van der Waals surface area contributed by atoms with E-state index in [1.54, 1.807) is 6.92 Å². The first-order valence-corrected chi connectivity index (χ1v) is 12.1. The average Bonchev–Trinajstić information content (AvgIpc) is 3.42. The van der Waals surface area contributed by atoms with Crippen molar-refractivity contribution in [2.45, 2.75) is 31.2 Å². The number of carbonyl (C=O) groups is 4. The van der Waals surface area contributed by atoms with Gasteiger partial charge < -0.3 is 15.7 Å². The van der Waals surface area contributed by atoms with Crippen molar-refractivity contribution in [3.63, 3.8) is 0 Å². The number of carboxylic acids is 1. The van der Waals surface area contributed by atoms with Crippen molar-refractivity contribution in [2.24, 2.45) is 0 Å². The van der Waals surface area contributed by atoms with Crippen LogP contribution in [0.2, 0.25) is 0 Å². The molecule has 12 heteroatoms. The summed E-state index contributed by atoms with van der Waals surface area (Å²) in [6, 6.07) is 2.94. The fourth-order valence-corrected chi connectivity index (χ4v) is 6.32. The molecule has 2 atom stereocenters. The van der Waals surface area contributed by atoms with Crippen molar-refractivity contribution < 1.29 is 24.3 Å². The van der Waals surface area contributed by atoms with E-state index in [1.165, 1.54) is 34.2 Å². The summed E-state index contributed by atoms with van der Waals surface area (Å²) in [4.78, 5) is 55.5. The van der Waals surface area contributed by atoms with Crippen molar-refractivity contribution in [3.8, 4) is 0 Å². The molecule has 2 aromatic rings. The molecule has 4 rings (SSSR count). The number of thiazole rings is 1. The number of aromatic nitrogens is 1. The van der Waals surface area contributed by atoms with Gasteiger partial charge in [0.05, 0.1) is 11.3 Å². The second-order valence-electron chi connectivity index (χ2n) is 6.77. The topological polar surface area (TPSA) is 129 Å². The number of carboxylic acid groups (broad SMARTS) is 1. The number of hydrogen-bond acceptors (Lipinski definition) is 8. The van der Waals surface area contributed by atoms with Crippen LogP contribution in [0.4, 0.5) is 5.13 Å². The normalized spacial score (nSPS) is 20.2. The molecule has 0 radical (unpaired) electrons. The van der Waals surface area contributed by atoms with Crippen molar-refractivity contribution in [2.75, 3.05) is 11.1 Å². The molecule has 2 aromatic heterocycles. The average molecular weight is 479 g/mol. The molecule has 1 saturated heterocycles. The van der Waals surface area contributed by atoms with Gasteiger partial charge in [-0.05, 0) is 11.4 Å². The van der Waals surface area contributed by atoms with E-state index in [2.05, 4.69) is 15.6 Å². The lowest BCUT2D eigenvalue weighted by molar-refractivity contribution is -0.150. The number of β-lactam (4-membered cyclic amide) rings is 1. The molecule has 2 aliphatic rings. The number of hydrogen-bond donors (Lipinski definition) is 3. The minimum Gasteiger partial charge on any atom is -0.477 e. The van der Waals surface area contributed by atoms with E-state index in [4.69, 9.17) is 0 Å². The van der Waals surface area contributed by atoms with Gasteiger partial charge in [0.1, 0.15) is 17.1 Å². The molecule has 31 heavy (non-hydrogen) atoms. The lowest BCUT2D eigenvalue weighted by Gasteiger charge is -2.49. The maximum atomic E-state index is 12.7. The highest BCUT2D eigenvalue weighted by molar-refractivity contribution is 8.00. The van der Waals surface area contributed by atoms with Crippen molar-refractivity contribution in [3.05, 3.63) is 39.2 Å². The summed E-state index contributed by atoms with van der Waals surface area (Å²) >= 11 is 4.01.